The number of aliphatic carboxylic acids is 1. The highest BCUT2D eigenvalue weighted by molar-refractivity contribution is 5.78. The van der Waals surface area contributed by atoms with Crippen LogP contribution in [0.1, 0.15) is 33.6 Å². The van der Waals surface area contributed by atoms with Gasteiger partial charge in [-0.1, -0.05) is 13.8 Å². The Labute approximate surface area is 89.8 Å². The van der Waals surface area contributed by atoms with Crippen LogP contribution in [0.15, 0.2) is 0 Å². The quantitative estimate of drug-likeness (QED) is 0.661. The van der Waals surface area contributed by atoms with Gasteiger partial charge in [0.2, 0.25) is 5.91 Å². The van der Waals surface area contributed by atoms with Gasteiger partial charge in [-0.05, 0) is 19.8 Å². The SMILES string of the molecule is CCC(C)(CC)NC(=O)COCC(=O)O. The second-order valence-corrected chi connectivity index (χ2v) is 3.70. The maximum atomic E-state index is 11.3. The van der Waals surface area contributed by atoms with Gasteiger partial charge in [0.1, 0.15) is 13.2 Å². The molecule has 0 fully saturated rings. The third-order valence-corrected chi connectivity index (χ3v) is 2.46. The maximum Gasteiger partial charge on any atom is 0.329 e. The fourth-order valence-corrected chi connectivity index (χ4v) is 1.03. The largest absolute Gasteiger partial charge is 0.480 e. The van der Waals surface area contributed by atoms with Gasteiger partial charge in [0.05, 0.1) is 0 Å². The molecule has 5 heteroatoms. The van der Waals surface area contributed by atoms with Crippen molar-refractivity contribution < 1.29 is 19.4 Å². The van der Waals surface area contributed by atoms with E-state index in [0.717, 1.165) is 12.8 Å². The van der Waals surface area contributed by atoms with E-state index in [1.54, 1.807) is 0 Å². The summed E-state index contributed by atoms with van der Waals surface area (Å²) in [6, 6.07) is 0. The highest BCUT2D eigenvalue weighted by Gasteiger charge is 2.21. The Morgan fingerprint density at radius 1 is 1.27 bits per heavy atom. The molecule has 2 N–H and O–H groups in total. The summed E-state index contributed by atoms with van der Waals surface area (Å²) in [6.45, 7) is 5.27. The zero-order chi connectivity index (χ0) is 11.9. The minimum Gasteiger partial charge on any atom is -0.480 e. The number of carboxylic acids is 1. The molecule has 0 unspecified atom stereocenters. The minimum atomic E-state index is -1.07. The molecular weight excluding hydrogens is 198 g/mol. The van der Waals surface area contributed by atoms with Gasteiger partial charge in [-0.2, -0.15) is 0 Å². The highest BCUT2D eigenvalue weighted by atomic mass is 16.5. The molecule has 0 heterocycles. The molecule has 0 aromatic rings. The molecule has 0 aliphatic heterocycles. The number of amides is 1. The van der Waals surface area contributed by atoms with Crippen molar-refractivity contribution in [2.75, 3.05) is 13.2 Å². The molecule has 0 radical (unpaired) electrons. The number of ether oxygens (including phenoxy) is 1. The summed E-state index contributed by atoms with van der Waals surface area (Å²) >= 11 is 0. The van der Waals surface area contributed by atoms with Crippen LogP contribution in [0.25, 0.3) is 0 Å². The predicted octanol–water partition coefficient (Wildman–Crippen LogP) is 0.782. The van der Waals surface area contributed by atoms with Crippen LogP contribution in [0.4, 0.5) is 0 Å². The molecule has 5 nitrogen and oxygen atoms in total. The third kappa shape index (κ3) is 6.06. The lowest BCUT2D eigenvalue weighted by Crippen LogP contribution is -2.46. The zero-order valence-electron chi connectivity index (χ0n) is 9.50. The molecular formula is C10H19NO4. The highest BCUT2D eigenvalue weighted by Crippen LogP contribution is 2.12. The van der Waals surface area contributed by atoms with E-state index in [1.807, 2.05) is 20.8 Å². The van der Waals surface area contributed by atoms with Crippen molar-refractivity contribution in [1.29, 1.82) is 0 Å². The van der Waals surface area contributed by atoms with E-state index < -0.39 is 12.6 Å². The van der Waals surface area contributed by atoms with Crippen LogP contribution >= 0.6 is 0 Å². The number of carbonyl (C=O) groups is 2. The Morgan fingerprint density at radius 2 is 1.80 bits per heavy atom. The fraction of sp³-hybridized carbons (Fsp3) is 0.800. The van der Waals surface area contributed by atoms with E-state index in [1.165, 1.54) is 0 Å². The molecule has 0 saturated heterocycles. The summed E-state index contributed by atoms with van der Waals surface area (Å²) < 4.78 is 4.68. The van der Waals surface area contributed by atoms with E-state index >= 15 is 0 Å². The van der Waals surface area contributed by atoms with Gasteiger partial charge in [0, 0.05) is 5.54 Å². The summed E-state index contributed by atoms with van der Waals surface area (Å²) in [5.41, 5.74) is -0.232. The number of nitrogens with one attached hydrogen (secondary N) is 1. The molecule has 0 atom stereocenters. The smallest absolute Gasteiger partial charge is 0.329 e. The minimum absolute atomic E-state index is 0.206. The van der Waals surface area contributed by atoms with Crippen LogP contribution in [0.5, 0.6) is 0 Å². The molecule has 0 rings (SSSR count). The molecule has 0 bridgehead atoms. The number of carbonyl (C=O) groups excluding carboxylic acids is 1. The molecule has 0 aromatic heterocycles. The Morgan fingerprint density at radius 3 is 2.20 bits per heavy atom. The van der Waals surface area contributed by atoms with Crippen molar-refractivity contribution in [2.24, 2.45) is 0 Å². The van der Waals surface area contributed by atoms with Crippen LogP contribution in [-0.2, 0) is 14.3 Å². The predicted molar refractivity (Wildman–Crippen MR) is 55.6 cm³/mol. The number of rotatable bonds is 7. The Hall–Kier alpha value is -1.10. The first-order chi connectivity index (χ1) is 6.93. The van der Waals surface area contributed by atoms with E-state index in [-0.39, 0.29) is 18.1 Å². The average molecular weight is 217 g/mol. The van der Waals surface area contributed by atoms with Gasteiger partial charge in [0.15, 0.2) is 0 Å². The molecule has 0 aromatic carbocycles. The molecule has 0 spiro atoms. The van der Waals surface area contributed by atoms with Crippen molar-refractivity contribution >= 4 is 11.9 Å². The van der Waals surface area contributed by atoms with E-state index in [9.17, 15) is 9.59 Å². The third-order valence-electron chi connectivity index (χ3n) is 2.46. The molecule has 88 valence electrons. The second kappa shape index (κ2) is 6.40. The first-order valence-corrected chi connectivity index (χ1v) is 5.04. The fourth-order valence-electron chi connectivity index (χ4n) is 1.03. The van der Waals surface area contributed by atoms with Crippen LogP contribution in [-0.4, -0.2) is 35.7 Å². The van der Waals surface area contributed by atoms with Crippen LogP contribution in [0, 0.1) is 0 Å². The maximum absolute atomic E-state index is 11.3. The summed E-state index contributed by atoms with van der Waals surface area (Å²) in [5.74, 6) is -1.35. The lowest BCUT2D eigenvalue weighted by atomic mass is 9.96. The van der Waals surface area contributed by atoms with E-state index in [4.69, 9.17) is 5.11 Å². The van der Waals surface area contributed by atoms with Gasteiger partial charge >= 0.3 is 5.97 Å². The van der Waals surface area contributed by atoms with Crippen molar-refractivity contribution in [3.63, 3.8) is 0 Å². The number of hydrogen-bond acceptors (Lipinski definition) is 3. The van der Waals surface area contributed by atoms with Crippen molar-refractivity contribution in [1.82, 2.24) is 5.32 Å². The summed E-state index contributed by atoms with van der Waals surface area (Å²) in [5, 5.41) is 11.1. The van der Waals surface area contributed by atoms with Gasteiger partial charge in [-0.15, -0.1) is 0 Å². The van der Waals surface area contributed by atoms with Gasteiger partial charge in [-0.3, -0.25) is 4.79 Å². The van der Waals surface area contributed by atoms with Crippen LogP contribution in [0.2, 0.25) is 0 Å². The van der Waals surface area contributed by atoms with Gasteiger partial charge in [0.25, 0.3) is 0 Å². The monoisotopic (exact) mass is 217 g/mol. The molecule has 0 aliphatic rings. The summed E-state index contributed by atoms with van der Waals surface area (Å²) in [7, 11) is 0. The second-order valence-electron chi connectivity index (χ2n) is 3.70. The Kier molecular flexibility index (Phi) is 5.93. The first-order valence-electron chi connectivity index (χ1n) is 5.04. The van der Waals surface area contributed by atoms with Crippen molar-refractivity contribution in [3.05, 3.63) is 0 Å². The first kappa shape index (κ1) is 13.9. The van der Waals surface area contributed by atoms with E-state index in [2.05, 4.69) is 10.1 Å². The Balaban J connectivity index is 3.87. The normalized spacial score (nSPS) is 11.1. The molecule has 0 aliphatic carbocycles. The molecule has 1 amide bonds. The topological polar surface area (TPSA) is 75.6 Å². The average Bonchev–Trinajstić information content (AvgIpc) is 2.17. The standard InChI is InChI=1S/C10H19NO4/c1-4-10(3,5-2)11-8(12)6-15-7-9(13)14/h4-7H2,1-3H3,(H,11,12)(H,13,14). The lowest BCUT2D eigenvalue weighted by molar-refractivity contribution is -0.143. The summed E-state index contributed by atoms with van der Waals surface area (Å²) in [6.07, 6.45) is 1.66. The molecule has 0 saturated carbocycles. The van der Waals surface area contributed by atoms with Crippen LogP contribution < -0.4 is 5.32 Å². The summed E-state index contributed by atoms with van der Waals surface area (Å²) in [4.78, 5) is 21.5. The van der Waals surface area contributed by atoms with Gasteiger partial charge < -0.3 is 15.2 Å². The lowest BCUT2D eigenvalue weighted by Gasteiger charge is -2.28. The van der Waals surface area contributed by atoms with Crippen molar-refractivity contribution in [2.45, 2.75) is 39.2 Å². The van der Waals surface area contributed by atoms with E-state index in [0.29, 0.717) is 0 Å². The van der Waals surface area contributed by atoms with Crippen molar-refractivity contribution in [3.8, 4) is 0 Å². The number of carboxylic acid groups (broad SMARTS) is 1. The Bertz CT molecular complexity index is 223. The molecule has 15 heavy (non-hydrogen) atoms. The van der Waals surface area contributed by atoms with Crippen LogP contribution in [0.3, 0.4) is 0 Å². The van der Waals surface area contributed by atoms with Gasteiger partial charge in [-0.25, -0.2) is 4.79 Å². The number of hydrogen-bond donors (Lipinski definition) is 2. The zero-order valence-corrected chi connectivity index (χ0v) is 9.50.